The first-order chi connectivity index (χ1) is 11.2. The average Bonchev–Trinajstić information content (AvgIpc) is 3.05. The molecule has 114 valence electrons. The molecule has 1 aromatic heterocycles. The fourth-order valence-corrected chi connectivity index (χ4v) is 2.82. The number of phenolic OH excluding ortho intramolecular Hbond substituents is 1. The van der Waals surface area contributed by atoms with Gasteiger partial charge in [0.2, 0.25) is 5.95 Å². The molecule has 4 rings (SSSR count). The van der Waals surface area contributed by atoms with E-state index in [0.29, 0.717) is 23.6 Å². The van der Waals surface area contributed by atoms with Gasteiger partial charge in [0.15, 0.2) is 0 Å². The monoisotopic (exact) mass is 308 g/mol. The predicted molar refractivity (Wildman–Crippen MR) is 83.5 cm³/mol. The van der Waals surface area contributed by atoms with Gasteiger partial charge in [0, 0.05) is 12.0 Å². The first kappa shape index (κ1) is 13.6. The molecule has 0 saturated heterocycles. The summed E-state index contributed by atoms with van der Waals surface area (Å²) in [6, 6.07) is 13.6. The van der Waals surface area contributed by atoms with Crippen LogP contribution in [0.15, 0.2) is 59.9 Å². The number of halogens is 1. The molecule has 6 heteroatoms. The van der Waals surface area contributed by atoms with Crippen molar-refractivity contribution in [1.29, 1.82) is 0 Å². The van der Waals surface area contributed by atoms with Crippen LogP contribution in [0.4, 0.5) is 10.3 Å². The van der Waals surface area contributed by atoms with Crippen LogP contribution in [0.2, 0.25) is 0 Å². The molecule has 0 unspecified atom stereocenters. The van der Waals surface area contributed by atoms with Gasteiger partial charge in [-0.15, -0.1) is 0 Å². The Morgan fingerprint density at radius 1 is 1.13 bits per heavy atom. The summed E-state index contributed by atoms with van der Waals surface area (Å²) >= 11 is 0. The molecule has 1 N–H and O–H groups in total. The molecule has 0 spiro atoms. The maximum Gasteiger partial charge on any atom is 0.248 e. The number of hydrogen-bond acceptors (Lipinski definition) is 4. The molecule has 3 aromatic rings. The minimum absolute atomic E-state index is 0.00456. The van der Waals surface area contributed by atoms with Crippen molar-refractivity contribution in [2.75, 3.05) is 0 Å². The van der Waals surface area contributed by atoms with E-state index in [9.17, 15) is 9.50 Å². The fourth-order valence-electron chi connectivity index (χ4n) is 2.82. The van der Waals surface area contributed by atoms with Crippen LogP contribution in [0, 0.1) is 5.82 Å². The third-order valence-electron chi connectivity index (χ3n) is 3.92. The van der Waals surface area contributed by atoms with E-state index < -0.39 is 5.82 Å². The Bertz CT molecular complexity index is 889. The summed E-state index contributed by atoms with van der Waals surface area (Å²) in [4.78, 5) is 8.58. The van der Waals surface area contributed by atoms with Gasteiger partial charge in [-0.2, -0.15) is 10.1 Å². The second-order valence-electron chi connectivity index (χ2n) is 5.36. The fraction of sp³-hybridized carbons (Fsp3) is 0.118. The lowest BCUT2D eigenvalue weighted by atomic mass is 9.95. The molecule has 1 aliphatic rings. The second kappa shape index (κ2) is 5.31. The SMILES string of the molecule is Oc1ccc(F)cc1C1=Nc2ncnn2[C@H](c2ccccc2)C1. The minimum atomic E-state index is -0.413. The van der Waals surface area contributed by atoms with Crippen molar-refractivity contribution in [1.82, 2.24) is 14.8 Å². The van der Waals surface area contributed by atoms with E-state index in [0.717, 1.165) is 5.56 Å². The zero-order chi connectivity index (χ0) is 15.8. The normalized spacial score (nSPS) is 16.7. The van der Waals surface area contributed by atoms with Crippen molar-refractivity contribution in [3.63, 3.8) is 0 Å². The number of nitrogens with zero attached hydrogens (tertiary/aromatic N) is 4. The van der Waals surface area contributed by atoms with Crippen molar-refractivity contribution in [2.45, 2.75) is 12.5 Å². The summed E-state index contributed by atoms with van der Waals surface area (Å²) in [5.41, 5.74) is 2.04. The van der Waals surface area contributed by atoms with Crippen molar-refractivity contribution in [2.24, 2.45) is 4.99 Å². The van der Waals surface area contributed by atoms with E-state index in [-0.39, 0.29) is 11.8 Å². The Balaban J connectivity index is 1.83. The van der Waals surface area contributed by atoms with Gasteiger partial charge in [0.1, 0.15) is 17.9 Å². The first-order valence-electron chi connectivity index (χ1n) is 7.23. The van der Waals surface area contributed by atoms with Crippen molar-refractivity contribution in [3.8, 4) is 5.75 Å². The standard InChI is InChI=1S/C17H13FN4O/c18-12-6-7-16(23)13(8-12)14-9-15(11-4-2-1-3-5-11)22-17(21-14)19-10-20-22/h1-8,10,15,23H,9H2/t15-/m0/s1. The summed E-state index contributed by atoms with van der Waals surface area (Å²) < 4.78 is 15.3. The first-order valence-corrected chi connectivity index (χ1v) is 7.23. The summed E-state index contributed by atoms with van der Waals surface area (Å²) in [5.74, 6) is 0.0393. The number of aromatic hydroxyl groups is 1. The van der Waals surface area contributed by atoms with Crippen LogP contribution in [-0.4, -0.2) is 25.6 Å². The van der Waals surface area contributed by atoms with Gasteiger partial charge in [-0.1, -0.05) is 30.3 Å². The number of fused-ring (bicyclic) bond motifs is 1. The smallest absolute Gasteiger partial charge is 0.248 e. The highest BCUT2D eigenvalue weighted by Crippen LogP contribution is 2.34. The van der Waals surface area contributed by atoms with Gasteiger partial charge in [-0.25, -0.2) is 14.1 Å². The lowest BCUT2D eigenvalue weighted by Gasteiger charge is -2.24. The lowest BCUT2D eigenvalue weighted by Crippen LogP contribution is -2.21. The minimum Gasteiger partial charge on any atom is -0.507 e. The number of aromatic nitrogens is 3. The molecule has 0 radical (unpaired) electrons. The number of aliphatic imine (C=N–C) groups is 1. The Morgan fingerprint density at radius 2 is 1.96 bits per heavy atom. The summed E-state index contributed by atoms with van der Waals surface area (Å²) in [7, 11) is 0. The van der Waals surface area contributed by atoms with E-state index in [1.54, 1.807) is 4.68 Å². The number of benzene rings is 2. The van der Waals surface area contributed by atoms with Gasteiger partial charge in [0.25, 0.3) is 0 Å². The van der Waals surface area contributed by atoms with Crippen LogP contribution in [0.25, 0.3) is 0 Å². The zero-order valence-electron chi connectivity index (χ0n) is 12.1. The third-order valence-corrected chi connectivity index (χ3v) is 3.92. The largest absolute Gasteiger partial charge is 0.507 e. The molecular formula is C17H13FN4O. The predicted octanol–water partition coefficient (Wildman–Crippen LogP) is 3.24. The van der Waals surface area contributed by atoms with E-state index in [4.69, 9.17) is 0 Å². The molecule has 23 heavy (non-hydrogen) atoms. The number of hydrogen-bond donors (Lipinski definition) is 1. The van der Waals surface area contributed by atoms with Crippen molar-refractivity contribution >= 4 is 11.7 Å². The van der Waals surface area contributed by atoms with Gasteiger partial charge in [-0.3, -0.25) is 0 Å². The highest BCUT2D eigenvalue weighted by molar-refractivity contribution is 6.04. The van der Waals surface area contributed by atoms with Crippen LogP contribution < -0.4 is 0 Å². The Kier molecular flexibility index (Phi) is 3.15. The third kappa shape index (κ3) is 2.38. The Labute approximate surface area is 131 Å². The van der Waals surface area contributed by atoms with E-state index in [2.05, 4.69) is 15.1 Å². The van der Waals surface area contributed by atoms with Gasteiger partial charge in [0.05, 0.1) is 11.8 Å². The molecule has 2 aromatic carbocycles. The molecule has 0 aliphatic carbocycles. The van der Waals surface area contributed by atoms with Gasteiger partial charge in [-0.05, 0) is 23.8 Å². The van der Waals surface area contributed by atoms with Crippen LogP contribution in [-0.2, 0) is 0 Å². The van der Waals surface area contributed by atoms with Crippen LogP contribution in [0.3, 0.4) is 0 Å². The molecule has 0 bridgehead atoms. The van der Waals surface area contributed by atoms with Crippen LogP contribution in [0.5, 0.6) is 5.75 Å². The number of phenols is 1. The van der Waals surface area contributed by atoms with Crippen LogP contribution in [0.1, 0.15) is 23.6 Å². The summed E-state index contributed by atoms with van der Waals surface area (Å²) in [6.45, 7) is 0. The summed E-state index contributed by atoms with van der Waals surface area (Å²) in [5, 5.41) is 14.3. The number of rotatable bonds is 2. The molecule has 0 saturated carbocycles. The van der Waals surface area contributed by atoms with E-state index in [1.165, 1.54) is 24.5 Å². The van der Waals surface area contributed by atoms with E-state index >= 15 is 0 Å². The maximum atomic E-state index is 13.6. The molecular weight excluding hydrogens is 295 g/mol. The molecule has 0 amide bonds. The second-order valence-corrected chi connectivity index (χ2v) is 5.36. The highest BCUT2D eigenvalue weighted by atomic mass is 19.1. The highest BCUT2D eigenvalue weighted by Gasteiger charge is 2.27. The molecule has 1 atom stereocenters. The molecule has 2 heterocycles. The summed E-state index contributed by atoms with van der Waals surface area (Å²) in [6.07, 6.45) is 1.94. The lowest BCUT2D eigenvalue weighted by molar-refractivity contribution is 0.470. The zero-order valence-corrected chi connectivity index (χ0v) is 12.1. The Morgan fingerprint density at radius 3 is 2.78 bits per heavy atom. The van der Waals surface area contributed by atoms with Crippen LogP contribution >= 0.6 is 0 Å². The van der Waals surface area contributed by atoms with Crippen molar-refractivity contribution < 1.29 is 9.50 Å². The Hall–Kier alpha value is -3.02. The molecule has 5 nitrogen and oxygen atoms in total. The maximum absolute atomic E-state index is 13.6. The van der Waals surface area contributed by atoms with Gasteiger partial charge >= 0.3 is 0 Å². The molecule has 1 aliphatic heterocycles. The molecule has 0 fully saturated rings. The topological polar surface area (TPSA) is 63.3 Å². The average molecular weight is 308 g/mol. The quantitative estimate of drug-likeness (QED) is 0.790. The van der Waals surface area contributed by atoms with Gasteiger partial charge < -0.3 is 5.11 Å². The van der Waals surface area contributed by atoms with Crippen molar-refractivity contribution in [3.05, 3.63) is 71.8 Å². The van der Waals surface area contributed by atoms with E-state index in [1.807, 2.05) is 30.3 Å².